The van der Waals surface area contributed by atoms with E-state index in [1.165, 1.54) is 0 Å². The third-order valence-corrected chi connectivity index (χ3v) is 3.91. The smallest absolute Gasteiger partial charge is 0.161 e. The Morgan fingerprint density at radius 3 is 2.95 bits per heavy atom. The van der Waals surface area contributed by atoms with E-state index in [2.05, 4.69) is 28.9 Å². The van der Waals surface area contributed by atoms with Crippen LogP contribution in [-0.4, -0.2) is 44.9 Å². The second-order valence-electron chi connectivity index (χ2n) is 5.44. The van der Waals surface area contributed by atoms with Crippen LogP contribution in [0.3, 0.4) is 0 Å². The van der Waals surface area contributed by atoms with Crippen LogP contribution < -0.4 is 0 Å². The van der Waals surface area contributed by atoms with Gasteiger partial charge in [-0.25, -0.2) is 0 Å². The van der Waals surface area contributed by atoms with Crippen molar-refractivity contribution in [1.82, 2.24) is 19.5 Å². The third-order valence-electron chi connectivity index (χ3n) is 3.91. The van der Waals surface area contributed by atoms with E-state index < -0.39 is 0 Å². The van der Waals surface area contributed by atoms with Gasteiger partial charge in [-0.05, 0) is 38.9 Å². The lowest BCUT2D eigenvalue weighted by molar-refractivity contribution is 0.112. The molecule has 0 amide bonds. The Labute approximate surface area is 112 Å². The number of pyridine rings is 1. The number of carbonyl (C=O) groups excluding carboxylic acids is 1. The van der Waals surface area contributed by atoms with E-state index in [1.54, 1.807) is 6.07 Å². The van der Waals surface area contributed by atoms with Crippen LogP contribution in [0.4, 0.5) is 0 Å². The van der Waals surface area contributed by atoms with E-state index in [1.807, 2.05) is 16.7 Å². The largest absolute Gasteiger partial charge is 0.300 e. The van der Waals surface area contributed by atoms with Gasteiger partial charge in [-0.1, -0.05) is 0 Å². The zero-order valence-corrected chi connectivity index (χ0v) is 11.3. The minimum Gasteiger partial charge on any atom is -0.300 e. The van der Waals surface area contributed by atoms with Crippen molar-refractivity contribution in [3.8, 4) is 0 Å². The normalized spacial score (nSPS) is 20.5. The highest BCUT2D eigenvalue weighted by Gasteiger charge is 2.28. The van der Waals surface area contributed by atoms with Crippen LogP contribution in [0.25, 0.3) is 5.65 Å². The molecule has 1 fully saturated rings. The average molecular weight is 258 g/mol. The molecule has 2 aromatic rings. The number of rotatable bonds is 3. The van der Waals surface area contributed by atoms with Gasteiger partial charge in [0.1, 0.15) is 12.1 Å². The summed E-state index contributed by atoms with van der Waals surface area (Å²) in [6.07, 6.45) is 3.85. The van der Waals surface area contributed by atoms with E-state index in [-0.39, 0.29) is 0 Å². The molecule has 19 heavy (non-hydrogen) atoms. The first-order valence-corrected chi connectivity index (χ1v) is 6.73. The van der Waals surface area contributed by atoms with Gasteiger partial charge < -0.3 is 4.90 Å². The van der Waals surface area contributed by atoms with E-state index in [0.717, 1.165) is 37.3 Å². The molecule has 3 rings (SSSR count). The summed E-state index contributed by atoms with van der Waals surface area (Å²) in [6, 6.07) is 4.16. The van der Waals surface area contributed by atoms with E-state index >= 15 is 0 Å². The number of fused-ring (bicyclic) bond motifs is 1. The molecular formula is C14H18N4O. The highest BCUT2D eigenvalue weighted by Crippen LogP contribution is 2.27. The topological polar surface area (TPSA) is 50.5 Å². The lowest BCUT2D eigenvalue weighted by atomic mass is 10.1. The van der Waals surface area contributed by atoms with Crippen LogP contribution in [0.2, 0.25) is 0 Å². The minimum atomic E-state index is 0.430. The minimum absolute atomic E-state index is 0.430. The van der Waals surface area contributed by atoms with Crippen molar-refractivity contribution < 1.29 is 4.79 Å². The molecule has 1 unspecified atom stereocenters. The third kappa shape index (κ3) is 2.14. The zero-order chi connectivity index (χ0) is 13.4. The van der Waals surface area contributed by atoms with Gasteiger partial charge >= 0.3 is 0 Å². The van der Waals surface area contributed by atoms with Gasteiger partial charge in [-0.3, -0.25) is 9.20 Å². The van der Waals surface area contributed by atoms with Crippen LogP contribution in [0.15, 0.2) is 18.3 Å². The van der Waals surface area contributed by atoms with Gasteiger partial charge in [-0.15, -0.1) is 10.2 Å². The Morgan fingerprint density at radius 1 is 1.42 bits per heavy atom. The van der Waals surface area contributed by atoms with Gasteiger partial charge in [0.25, 0.3) is 0 Å². The van der Waals surface area contributed by atoms with Gasteiger partial charge in [-0.2, -0.15) is 0 Å². The van der Waals surface area contributed by atoms with Crippen molar-refractivity contribution in [2.45, 2.75) is 32.2 Å². The average Bonchev–Trinajstić information content (AvgIpc) is 3.03. The Kier molecular flexibility index (Phi) is 3.06. The van der Waals surface area contributed by atoms with E-state index in [0.29, 0.717) is 17.5 Å². The monoisotopic (exact) mass is 258 g/mol. The molecule has 5 nitrogen and oxygen atoms in total. The molecule has 0 aliphatic carbocycles. The van der Waals surface area contributed by atoms with Crippen molar-refractivity contribution in [3.05, 3.63) is 29.7 Å². The van der Waals surface area contributed by atoms with Crippen LogP contribution in [0, 0.1) is 0 Å². The quantitative estimate of drug-likeness (QED) is 0.787. The maximum atomic E-state index is 10.8. The predicted molar refractivity (Wildman–Crippen MR) is 72.4 cm³/mol. The molecule has 0 radical (unpaired) electrons. The molecule has 0 N–H and O–H groups in total. The predicted octanol–water partition coefficient (Wildman–Crippen LogP) is 1.74. The fourth-order valence-corrected chi connectivity index (χ4v) is 2.74. The summed E-state index contributed by atoms with van der Waals surface area (Å²) >= 11 is 0. The molecule has 1 saturated heterocycles. The van der Waals surface area contributed by atoms with Crippen LogP contribution in [0.1, 0.15) is 42.4 Å². The summed E-state index contributed by atoms with van der Waals surface area (Å²) in [6.45, 7) is 6.60. The fourth-order valence-electron chi connectivity index (χ4n) is 2.74. The molecule has 100 valence electrons. The number of likely N-dealkylation sites (tertiary alicyclic amines) is 1. The molecule has 0 bridgehead atoms. The second kappa shape index (κ2) is 4.74. The SMILES string of the molecule is CC(C)N1CCC(c2nnc3cc(C=O)ccn23)C1. The van der Waals surface area contributed by atoms with Crippen molar-refractivity contribution in [1.29, 1.82) is 0 Å². The number of nitrogens with zero attached hydrogens (tertiary/aromatic N) is 4. The Bertz CT molecular complexity index is 605. The first kappa shape index (κ1) is 12.3. The fraction of sp³-hybridized carbons (Fsp3) is 0.500. The first-order valence-electron chi connectivity index (χ1n) is 6.73. The molecule has 0 aromatic carbocycles. The molecule has 0 spiro atoms. The zero-order valence-electron chi connectivity index (χ0n) is 11.3. The molecule has 0 saturated carbocycles. The highest BCUT2D eigenvalue weighted by atomic mass is 16.1. The number of hydrogen-bond acceptors (Lipinski definition) is 4. The van der Waals surface area contributed by atoms with Gasteiger partial charge in [0.2, 0.25) is 0 Å². The Balaban J connectivity index is 1.92. The summed E-state index contributed by atoms with van der Waals surface area (Å²) in [4.78, 5) is 13.2. The number of aromatic nitrogens is 3. The van der Waals surface area contributed by atoms with Crippen molar-refractivity contribution in [3.63, 3.8) is 0 Å². The lowest BCUT2D eigenvalue weighted by Crippen LogP contribution is -2.28. The first-order chi connectivity index (χ1) is 9.19. The maximum Gasteiger partial charge on any atom is 0.161 e. The summed E-state index contributed by atoms with van der Waals surface area (Å²) in [5, 5.41) is 8.49. The van der Waals surface area contributed by atoms with E-state index in [4.69, 9.17) is 0 Å². The number of aldehydes is 1. The molecular weight excluding hydrogens is 240 g/mol. The van der Waals surface area contributed by atoms with Crippen molar-refractivity contribution in [2.24, 2.45) is 0 Å². The van der Waals surface area contributed by atoms with Crippen molar-refractivity contribution in [2.75, 3.05) is 13.1 Å². The summed E-state index contributed by atoms with van der Waals surface area (Å²) < 4.78 is 2.00. The van der Waals surface area contributed by atoms with Gasteiger partial charge in [0, 0.05) is 30.3 Å². The summed E-state index contributed by atoms with van der Waals surface area (Å²) in [5.41, 5.74) is 1.39. The van der Waals surface area contributed by atoms with Crippen LogP contribution >= 0.6 is 0 Å². The molecule has 3 heterocycles. The van der Waals surface area contributed by atoms with Gasteiger partial charge in [0.15, 0.2) is 5.65 Å². The molecule has 5 heteroatoms. The maximum absolute atomic E-state index is 10.8. The number of carbonyl (C=O) groups is 1. The highest BCUT2D eigenvalue weighted by molar-refractivity contribution is 5.76. The Morgan fingerprint density at radius 2 is 2.26 bits per heavy atom. The summed E-state index contributed by atoms with van der Waals surface area (Å²) in [7, 11) is 0. The molecule has 1 aliphatic rings. The lowest BCUT2D eigenvalue weighted by Gasteiger charge is -2.19. The van der Waals surface area contributed by atoms with Crippen LogP contribution in [-0.2, 0) is 0 Å². The molecule has 2 aromatic heterocycles. The van der Waals surface area contributed by atoms with Crippen LogP contribution in [0.5, 0.6) is 0 Å². The van der Waals surface area contributed by atoms with E-state index in [9.17, 15) is 4.79 Å². The standard InChI is InChI=1S/C14H18N4O/c1-10(2)17-5-4-12(8-17)14-16-15-13-7-11(9-19)3-6-18(13)14/h3,6-7,9-10,12H,4-5,8H2,1-2H3. The van der Waals surface area contributed by atoms with Gasteiger partial charge in [0.05, 0.1) is 0 Å². The second-order valence-corrected chi connectivity index (χ2v) is 5.44. The molecule has 1 atom stereocenters. The Hall–Kier alpha value is -1.75. The summed E-state index contributed by atoms with van der Waals surface area (Å²) in [5.74, 6) is 1.44. The van der Waals surface area contributed by atoms with Crippen molar-refractivity contribution >= 4 is 11.9 Å². The number of hydrogen-bond donors (Lipinski definition) is 0. The molecule has 1 aliphatic heterocycles.